The Morgan fingerprint density at radius 1 is 1.46 bits per heavy atom. The van der Waals surface area contributed by atoms with Crippen LogP contribution in [0.25, 0.3) is 5.52 Å². The zero-order chi connectivity index (χ0) is 9.59. The molecule has 0 radical (unpaired) electrons. The molecular formula is C7H4Br2ClN3. The molecule has 0 fully saturated rings. The standard InChI is InChI=1S/C7H4Br2ClN3/c1-3-4(8)5-7(10)11-2-12-13(5)6(3)9/h2H,1H3. The highest BCUT2D eigenvalue weighted by molar-refractivity contribution is 9.11. The third kappa shape index (κ3) is 1.30. The molecule has 6 heteroatoms. The summed E-state index contributed by atoms with van der Waals surface area (Å²) in [6, 6.07) is 0. The summed E-state index contributed by atoms with van der Waals surface area (Å²) in [5.41, 5.74) is 1.84. The minimum absolute atomic E-state index is 0.440. The van der Waals surface area contributed by atoms with E-state index in [-0.39, 0.29) is 0 Å². The minimum atomic E-state index is 0.440. The smallest absolute Gasteiger partial charge is 0.157 e. The normalized spacial score (nSPS) is 11.1. The van der Waals surface area contributed by atoms with Crippen molar-refractivity contribution in [2.75, 3.05) is 0 Å². The van der Waals surface area contributed by atoms with Gasteiger partial charge in [0.2, 0.25) is 0 Å². The lowest BCUT2D eigenvalue weighted by Gasteiger charge is -1.95. The van der Waals surface area contributed by atoms with Crippen molar-refractivity contribution < 1.29 is 0 Å². The fourth-order valence-electron chi connectivity index (χ4n) is 1.09. The Bertz CT molecular complexity index is 480. The van der Waals surface area contributed by atoms with E-state index >= 15 is 0 Å². The highest BCUT2D eigenvalue weighted by Gasteiger charge is 2.14. The molecule has 2 aromatic rings. The van der Waals surface area contributed by atoms with Crippen LogP contribution in [0.2, 0.25) is 5.15 Å². The Morgan fingerprint density at radius 2 is 2.15 bits per heavy atom. The number of aromatic nitrogens is 3. The van der Waals surface area contributed by atoms with Gasteiger partial charge < -0.3 is 0 Å². The summed E-state index contributed by atoms with van der Waals surface area (Å²) in [6.45, 7) is 1.97. The molecule has 13 heavy (non-hydrogen) atoms. The molecule has 2 rings (SSSR count). The molecule has 0 aliphatic carbocycles. The van der Waals surface area contributed by atoms with Crippen LogP contribution in [0.1, 0.15) is 5.56 Å². The first-order valence-electron chi connectivity index (χ1n) is 3.45. The summed E-state index contributed by atoms with van der Waals surface area (Å²) in [7, 11) is 0. The minimum Gasteiger partial charge on any atom is -0.221 e. The van der Waals surface area contributed by atoms with Gasteiger partial charge in [-0.25, -0.2) is 9.50 Å². The Labute approximate surface area is 96.4 Å². The lowest BCUT2D eigenvalue weighted by atomic mass is 10.4. The molecule has 0 atom stereocenters. The fourth-order valence-corrected chi connectivity index (χ4v) is 2.70. The average Bonchev–Trinajstić information content (AvgIpc) is 2.33. The fraction of sp³-hybridized carbons (Fsp3) is 0.143. The van der Waals surface area contributed by atoms with Gasteiger partial charge in [-0.3, -0.25) is 0 Å². The van der Waals surface area contributed by atoms with Crippen LogP contribution in [-0.2, 0) is 0 Å². The van der Waals surface area contributed by atoms with Gasteiger partial charge in [0.1, 0.15) is 16.4 Å². The van der Waals surface area contributed by atoms with Crippen LogP contribution in [0.15, 0.2) is 15.4 Å². The molecule has 0 bridgehead atoms. The predicted molar refractivity (Wildman–Crippen MR) is 58.1 cm³/mol. The SMILES string of the molecule is Cc1c(Br)c2c(Cl)ncnn2c1Br. The quantitative estimate of drug-likeness (QED) is 0.744. The summed E-state index contributed by atoms with van der Waals surface area (Å²) in [6.07, 6.45) is 1.42. The van der Waals surface area contributed by atoms with Crippen molar-refractivity contribution in [3.63, 3.8) is 0 Å². The average molecular weight is 325 g/mol. The molecule has 0 spiro atoms. The van der Waals surface area contributed by atoms with E-state index in [1.54, 1.807) is 4.52 Å². The van der Waals surface area contributed by atoms with Crippen LogP contribution < -0.4 is 0 Å². The lowest BCUT2D eigenvalue weighted by molar-refractivity contribution is 0.881. The van der Waals surface area contributed by atoms with Crippen molar-refractivity contribution in [1.82, 2.24) is 14.6 Å². The topological polar surface area (TPSA) is 30.2 Å². The Balaban J connectivity index is 3.03. The number of fused-ring (bicyclic) bond motifs is 1. The lowest BCUT2D eigenvalue weighted by Crippen LogP contribution is -1.92. The van der Waals surface area contributed by atoms with Gasteiger partial charge in [0, 0.05) is 0 Å². The van der Waals surface area contributed by atoms with E-state index in [1.165, 1.54) is 6.33 Å². The van der Waals surface area contributed by atoms with Gasteiger partial charge in [-0.15, -0.1) is 0 Å². The number of halogens is 3. The van der Waals surface area contributed by atoms with Crippen molar-refractivity contribution in [3.8, 4) is 0 Å². The maximum atomic E-state index is 5.92. The molecule has 0 amide bonds. The van der Waals surface area contributed by atoms with E-state index in [2.05, 4.69) is 41.9 Å². The Morgan fingerprint density at radius 3 is 2.77 bits per heavy atom. The number of rotatable bonds is 0. The van der Waals surface area contributed by atoms with Crippen LogP contribution in [0.3, 0.4) is 0 Å². The molecule has 3 nitrogen and oxygen atoms in total. The van der Waals surface area contributed by atoms with Gasteiger partial charge >= 0.3 is 0 Å². The highest BCUT2D eigenvalue weighted by atomic mass is 79.9. The monoisotopic (exact) mass is 323 g/mol. The second kappa shape index (κ2) is 3.22. The number of hydrogen-bond acceptors (Lipinski definition) is 2. The molecule has 0 aromatic carbocycles. The first-order chi connectivity index (χ1) is 6.13. The van der Waals surface area contributed by atoms with E-state index in [1.807, 2.05) is 6.92 Å². The Kier molecular flexibility index (Phi) is 2.33. The van der Waals surface area contributed by atoms with Crippen molar-refractivity contribution in [2.24, 2.45) is 0 Å². The van der Waals surface area contributed by atoms with E-state index < -0.39 is 0 Å². The van der Waals surface area contributed by atoms with Crippen LogP contribution in [0, 0.1) is 6.92 Å². The largest absolute Gasteiger partial charge is 0.221 e. The van der Waals surface area contributed by atoms with E-state index in [4.69, 9.17) is 11.6 Å². The first kappa shape index (κ1) is 9.43. The summed E-state index contributed by atoms with van der Waals surface area (Å²) >= 11 is 12.8. The zero-order valence-corrected chi connectivity index (χ0v) is 10.5. The van der Waals surface area contributed by atoms with Crippen LogP contribution >= 0.6 is 43.5 Å². The zero-order valence-electron chi connectivity index (χ0n) is 6.55. The summed E-state index contributed by atoms with van der Waals surface area (Å²) in [4.78, 5) is 3.91. The molecule has 0 saturated carbocycles. The molecule has 0 aliphatic heterocycles. The molecule has 0 saturated heterocycles. The molecule has 0 N–H and O–H groups in total. The summed E-state index contributed by atoms with van der Waals surface area (Å²) < 4.78 is 3.51. The van der Waals surface area contributed by atoms with Crippen LogP contribution in [0.5, 0.6) is 0 Å². The van der Waals surface area contributed by atoms with Crippen LogP contribution in [-0.4, -0.2) is 14.6 Å². The molecule has 0 unspecified atom stereocenters. The maximum Gasteiger partial charge on any atom is 0.157 e. The number of hydrogen-bond donors (Lipinski definition) is 0. The molecule has 2 aromatic heterocycles. The van der Waals surface area contributed by atoms with E-state index in [9.17, 15) is 0 Å². The summed E-state index contributed by atoms with van der Waals surface area (Å²) in [5, 5.41) is 4.51. The van der Waals surface area contributed by atoms with Gasteiger partial charge in [0.15, 0.2) is 5.15 Å². The van der Waals surface area contributed by atoms with E-state index in [0.717, 1.165) is 20.2 Å². The third-order valence-electron chi connectivity index (χ3n) is 1.78. The van der Waals surface area contributed by atoms with Crippen molar-refractivity contribution >= 4 is 49.0 Å². The van der Waals surface area contributed by atoms with Crippen molar-refractivity contribution in [3.05, 3.63) is 26.1 Å². The molecule has 0 aliphatic rings. The van der Waals surface area contributed by atoms with Gasteiger partial charge in [0.25, 0.3) is 0 Å². The van der Waals surface area contributed by atoms with Gasteiger partial charge in [-0.2, -0.15) is 5.10 Å². The van der Waals surface area contributed by atoms with E-state index in [0.29, 0.717) is 5.15 Å². The van der Waals surface area contributed by atoms with Gasteiger partial charge in [-0.1, -0.05) is 11.6 Å². The van der Waals surface area contributed by atoms with Crippen molar-refractivity contribution in [1.29, 1.82) is 0 Å². The van der Waals surface area contributed by atoms with Gasteiger partial charge in [-0.05, 0) is 44.3 Å². The highest BCUT2D eigenvalue weighted by Crippen LogP contribution is 2.33. The molecule has 2 heterocycles. The third-order valence-corrected chi connectivity index (χ3v) is 3.96. The Hall–Kier alpha value is -0.130. The first-order valence-corrected chi connectivity index (χ1v) is 5.42. The molecular weight excluding hydrogens is 321 g/mol. The second-order valence-electron chi connectivity index (χ2n) is 2.54. The maximum absolute atomic E-state index is 5.92. The van der Waals surface area contributed by atoms with Crippen molar-refractivity contribution in [2.45, 2.75) is 6.92 Å². The number of nitrogens with zero attached hydrogens (tertiary/aromatic N) is 3. The van der Waals surface area contributed by atoms with Crippen LogP contribution in [0.4, 0.5) is 0 Å². The second-order valence-corrected chi connectivity index (χ2v) is 4.44. The predicted octanol–water partition coefficient (Wildman–Crippen LogP) is 3.22. The van der Waals surface area contributed by atoms with Gasteiger partial charge in [0.05, 0.1) is 4.47 Å². The summed E-state index contributed by atoms with van der Waals surface area (Å²) in [5.74, 6) is 0. The molecule has 68 valence electrons.